The van der Waals surface area contributed by atoms with Crippen molar-refractivity contribution < 1.29 is 14.3 Å². The number of carbonyl (C=O) groups excluding carboxylic acids is 1. The van der Waals surface area contributed by atoms with Crippen molar-refractivity contribution in [2.24, 2.45) is 5.41 Å². The van der Waals surface area contributed by atoms with Crippen LogP contribution in [-0.2, 0) is 4.79 Å². The number of carbonyl (C=O) groups is 1. The smallest absolute Gasteiger partial charge is 0.221 e. The number of anilines is 2. The van der Waals surface area contributed by atoms with Gasteiger partial charge >= 0.3 is 0 Å². The predicted molar refractivity (Wildman–Crippen MR) is 70.1 cm³/mol. The highest BCUT2D eigenvalue weighted by Gasteiger charge is 2.16. The highest BCUT2D eigenvalue weighted by molar-refractivity contribution is 5.89. The molecule has 1 aromatic rings. The van der Waals surface area contributed by atoms with Gasteiger partial charge in [-0.3, -0.25) is 4.79 Å². The zero-order valence-corrected chi connectivity index (χ0v) is 10.9. The zero-order valence-electron chi connectivity index (χ0n) is 10.9. The van der Waals surface area contributed by atoms with Gasteiger partial charge < -0.3 is 15.7 Å². The molecule has 3 N–H and O–H groups in total. The summed E-state index contributed by atoms with van der Waals surface area (Å²) in [6.07, 6.45) is 0. The second kappa shape index (κ2) is 5.82. The molecule has 0 aliphatic rings. The molecule has 0 heterocycles. The molecule has 1 rings (SSSR count). The number of nitrogens with one attached hydrogen (secondary N) is 2. The lowest BCUT2D eigenvalue weighted by Gasteiger charge is -2.23. The van der Waals surface area contributed by atoms with E-state index in [1.54, 1.807) is 0 Å². The summed E-state index contributed by atoms with van der Waals surface area (Å²) in [4.78, 5) is 10.9. The maximum atomic E-state index is 13.5. The fourth-order valence-electron chi connectivity index (χ4n) is 1.33. The van der Waals surface area contributed by atoms with Crippen LogP contribution in [0.4, 0.5) is 15.8 Å². The van der Waals surface area contributed by atoms with Crippen LogP contribution in [0.2, 0.25) is 0 Å². The molecule has 0 saturated carbocycles. The van der Waals surface area contributed by atoms with Crippen molar-refractivity contribution in [2.45, 2.75) is 20.8 Å². The Balaban J connectivity index is 2.78. The lowest BCUT2D eigenvalue weighted by molar-refractivity contribution is -0.114. The minimum Gasteiger partial charge on any atom is -0.396 e. The first-order valence-corrected chi connectivity index (χ1v) is 5.76. The first kappa shape index (κ1) is 14.4. The van der Waals surface area contributed by atoms with Crippen LogP contribution in [0.25, 0.3) is 0 Å². The van der Waals surface area contributed by atoms with Crippen molar-refractivity contribution in [2.75, 3.05) is 23.8 Å². The van der Waals surface area contributed by atoms with Crippen LogP contribution in [0.15, 0.2) is 18.2 Å². The summed E-state index contributed by atoms with van der Waals surface area (Å²) < 4.78 is 13.5. The summed E-state index contributed by atoms with van der Waals surface area (Å²) in [5.41, 5.74) is 0.507. The zero-order chi connectivity index (χ0) is 13.8. The van der Waals surface area contributed by atoms with E-state index in [0.29, 0.717) is 17.9 Å². The van der Waals surface area contributed by atoms with Crippen LogP contribution >= 0.6 is 0 Å². The minimum atomic E-state index is -0.391. The molecule has 4 nitrogen and oxygen atoms in total. The Labute approximate surface area is 106 Å². The quantitative estimate of drug-likeness (QED) is 0.755. The topological polar surface area (TPSA) is 61.4 Å². The summed E-state index contributed by atoms with van der Waals surface area (Å²) in [6, 6.07) is 4.32. The van der Waals surface area contributed by atoms with E-state index < -0.39 is 5.82 Å². The van der Waals surface area contributed by atoms with Gasteiger partial charge in [0, 0.05) is 31.2 Å². The van der Waals surface area contributed by atoms with E-state index in [-0.39, 0.29) is 17.9 Å². The third-order valence-corrected chi connectivity index (χ3v) is 2.47. The molecular formula is C13H19FN2O2. The standard InChI is InChI=1S/C13H19FN2O2/c1-9(18)16-10-4-5-11(14)12(6-10)15-7-13(2,3)8-17/h4-6,15,17H,7-8H2,1-3H3,(H,16,18). The lowest BCUT2D eigenvalue weighted by atomic mass is 9.95. The Hall–Kier alpha value is -1.62. The fourth-order valence-corrected chi connectivity index (χ4v) is 1.33. The van der Waals surface area contributed by atoms with Crippen LogP contribution in [-0.4, -0.2) is 24.2 Å². The van der Waals surface area contributed by atoms with E-state index in [4.69, 9.17) is 5.11 Å². The van der Waals surface area contributed by atoms with E-state index >= 15 is 0 Å². The van der Waals surface area contributed by atoms with Gasteiger partial charge in [-0.25, -0.2) is 4.39 Å². The molecule has 0 fully saturated rings. The third-order valence-electron chi connectivity index (χ3n) is 2.47. The Morgan fingerprint density at radius 2 is 2.11 bits per heavy atom. The SMILES string of the molecule is CC(=O)Nc1ccc(F)c(NCC(C)(C)CO)c1. The van der Waals surface area contributed by atoms with Gasteiger partial charge in [0.25, 0.3) is 0 Å². The number of aliphatic hydroxyl groups is 1. The molecule has 0 aliphatic heterocycles. The molecular weight excluding hydrogens is 235 g/mol. The van der Waals surface area contributed by atoms with Gasteiger partial charge in [-0.05, 0) is 18.2 Å². The average molecular weight is 254 g/mol. The molecule has 0 spiro atoms. The van der Waals surface area contributed by atoms with Crippen molar-refractivity contribution in [1.29, 1.82) is 0 Å². The van der Waals surface area contributed by atoms with Crippen molar-refractivity contribution in [3.05, 3.63) is 24.0 Å². The largest absolute Gasteiger partial charge is 0.396 e. The second-order valence-corrected chi connectivity index (χ2v) is 5.05. The number of hydrogen-bond acceptors (Lipinski definition) is 3. The van der Waals surface area contributed by atoms with Crippen molar-refractivity contribution in [3.8, 4) is 0 Å². The second-order valence-electron chi connectivity index (χ2n) is 5.05. The molecule has 18 heavy (non-hydrogen) atoms. The van der Waals surface area contributed by atoms with E-state index in [0.717, 1.165) is 0 Å². The molecule has 0 atom stereocenters. The molecule has 0 aliphatic carbocycles. The van der Waals surface area contributed by atoms with Crippen LogP contribution in [0.5, 0.6) is 0 Å². The molecule has 0 saturated heterocycles. The first-order valence-electron chi connectivity index (χ1n) is 5.76. The van der Waals surface area contributed by atoms with Crippen molar-refractivity contribution >= 4 is 17.3 Å². The molecule has 0 radical (unpaired) electrons. The van der Waals surface area contributed by atoms with E-state index in [1.807, 2.05) is 13.8 Å². The number of rotatable bonds is 5. The molecule has 1 aromatic carbocycles. The van der Waals surface area contributed by atoms with Crippen LogP contribution < -0.4 is 10.6 Å². The summed E-state index contributed by atoms with van der Waals surface area (Å²) in [5, 5.41) is 14.6. The lowest BCUT2D eigenvalue weighted by Crippen LogP contribution is -2.27. The highest BCUT2D eigenvalue weighted by Crippen LogP contribution is 2.22. The molecule has 0 bridgehead atoms. The number of aliphatic hydroxyl groups excluding tert-OH is 1. The van der Waals surface area contributed by atoms with Crippen molar-refractivity contribution in [3.63, 3.8) is 0 Å². The van der Waals surface area contributed by atoms with Gasteiger partial charge in [0.2, 0.25) is 5.91 Å². The van der Waals surface area contributed by atoms with Gasteiger partial charge in [0.1, 0.15) is 5.82 Å². The molecule has 0 aromatic heterocycles. The summed E-state index contributed by atoms with van der Waals surface area (Å²) in [7, 11) is 0. The van der Waals surface area contributed by atoms with Crippen LogP contribution in [0.3, 0.4) is 0 Å². The third kappa shape index (κ3) is 4.33. The Kier molecular flexibility index (Phi) is 4.67. The van der Waals surface area contributed by atoms with Crippen LogP contribution in [0, 0.1) is 11.2 Å². The normalized spacial score (nSPS) is 11.2. The molecule has 100 valence electrons. The number of halogens is 1. The Morgan fingerprint density at radius 1 is 1.44 bits per heavy atom. The first-order chi connectivity index (χ1) is 8.34. The molecule has 5 heteroatoms. The minimum absolute atomic E-state index is 0.00695. The monoisotopic (exact) mass is 254 g/mol. The molecule has 1 amide bonds. The van der Waals surface area contributed by atoms with Gasteiger partial charge in [0.15, 0.2) is 0 Å². The van der Waals surface area contributed by atoms with E-state index in [2.05, 4.69) is 10.6 Å². The number of benzene rings is 1. The summed E-state index contributed by atoms with van der Waals surface area (Å²) in [5.74, 6) is -0.596. The van der Waals surface area contributed by atoms with Crippen LogP contribution in [0.1, 0.15) is 20.8 Å². The highest BCUT2D eigenvalue weighted by atomic mass is 19.1. The number of amides is 1. The average Bonchev–Trinajstić information content (AvgIpc) is 2.29. The maximum absolute atomic E-state index is 13.5. The summed E-state index contributed by atoms with van der Waals surface area (Å²) >= 11 is 0. The Bertz CT molecular complexity index is 433. The fraction of sp³-hybridized carbons (Fsp3) is 0.462. The van der Waals surface area contributed by atoms with E-state index in [1.165, 1.54) is 25.1 Å². The van der Waals surface area contributed by atoms with Gasteiger partial charge in [-0.1, -0.05) is 13.8 Å². The van der Waals surface area contributed by atoms with Gasteiger partial charge in [-0.15, -0.1) is 0 Å². The van der Waals surface area contributed by atoms with Crippen molar-refractivity contribution in [1.82, 2.24) is 0 Å². The van der Waals surface area contributed by atoms with Gasteiger partial charge in [-0.2, -0.15) is 0 Å². The maximum Gasteiger partial charge on any atom is 0.221 e. The van der Waals surface area contributed by atoms with E-state index in [9.17, 15) is 9.18 Å². The number of hydrogen-bond donors (Lipinski definition) is 3. The summed E-state index contributed by atoms with van der Waals surface area (Å²) in [6.45, 7) is 5.58. The van der Waals surface area contributed by atoms with Gasteiger partial charge in [0.05, 0.1) is 5.69 Å². The predicted octanol–water partition coefficient (Wildman–Crippen LogP) is 2.21. The molecule has 0 unspecified atom stereocenters. The Morgan fingerprint density at radius 3 is 2.67 bits per heavy atom.